The van der Waals surface area contributed by atoms with Crippen LogP contribution < -0.4 is 11.1 Å². The van der Waals surface area contributed by atoms with Crippen molar-refractivity contribution in [1.82, 2.24) is 4.31 Å². The number of hydrogen-bond donors (Lipinski definition) is 2. The van der Waals surface area contributed by atoms with E-state index in [-0.39, 0.29) is 48.9 Å². The highest BCUT2D eigenvalue weighted by atomic mass is 127. The molecule has 6 nitrogen and oxygen atoms in total. The van der Waals surface area contributed by atoms with Crippen molar-refractivity contribution in [1.29, 1.82) is 0 Å². The smallest absolute Gasteiger partial charge is 0.350 e. The number of anilines is 1. The lowest BCUT2D eigenvalue weighted by Gasteiger charge is -2.30. The number of rotatable bonds is 6. The van der Waals surface area contributed by atoms with Crippen molar-refractivity contribution in [2.75, 3.05) is 25.0 Å². The average Bonchev–Trinajstić information content (AvgIpc) is 2.60. The summed E-state index contributed by atoms with van der Waals surface area (Å²) in [5.74, 6) is -2.94. The predicted molar refractivity (Wildman–Crippen MR) is 111 cm³/mol. The van der Waals surface area contributed by atoms with Gasteiger partial charge in [0, 0.05) is 25.3 Å². The molecule has 0 aromatic heterocycles. The van der Waals surface area contributed by atoms with Crippen LogP contribution in [0.15, 0.2) is 29.3 Å². The van der Waals surface area contributed by atoms with E-state index in [0.29, 0.717) is 19.4 Å². The molecule has 0 amide bonds. The molecule has 1 aliphatic heterocycles. The summed E-state index contributed by atoms with van der Waals surface area (Å²) in [6.45, 7) is 2.70. The van der Waals surface area contributed by atoms with Gasteiger partial charge in [0.2, 0.25) is 0 Å². The number of aryl methyl sites for hydroxylation is 1. The van der Waals surface area contributed by atoms with E-state index in [1.54, 1.807) is 0 Å². The number of nitrogens with two attached hydrogens (primary N) is 1. The zero-order chi connectivity index (χ0) is 18.4. The first-order valence-corrected chi connectivity index (χ1v) is 9.76. The normalized spacial score (nSPS) is 17.2. The Kier molecular flexibility index (Phi) is 9.17. The molecule has 0 unspecified atom stereocenters. The Morgan fingerprint density at radius 3 is 2.62 bits per heavy atom. The number of nitrogens with one attached hydrogen (secondary N) is 1. The molecule has 1 aromatic carbocycles. The first-order chi connectivity index (χ1) is 11.8. The molecule has 0 aliphatic carbocycles. The number of hydrogen-bond acceptors (Lipinski definition) is 3. The summed E-state index contributed by atoms with van der Waals surface area (Å²) in [6.07, 6.45) is 1.91. The highest BCUT2D eigenvalue weighted by molar-refractivity contribution is 14.0. The van der Waals surface area contributed by atoms with Gasteiger partial charge in [0.05, 0.1) is 0 Å². The van der Waals surface area contributed by atoms with Gasteiger partial charge in [0.15, 0.2) is 5.96 Å². The van der Waals surface area contributed by atoms with E-state index in [2.05, 4.69) is 17.2 Å². The number of guanidine groups is 1. The van der Waals surface area contributed by atoms with Crippen LogP contribution in [0.3, 0.4) is 0 Å². The van der Waals surface area contributed by atoms with Crippen molar-refractivity contribution in [2.24, 2.45) is 16.6 Å². The number of halogens is 3. The number of nitrogens with zero attached hydrogens (tertiary/aromatic N) is 2. The zero-order valence-electron chi connectivity index (χ0n) is 14.6. The van der Waals surface area contributed by atoms with Gasteiger partial charge in [0.1, 0.15) is 0 Å². The maximum atomic E-state index is 12.5. The van der Waals surface area contributed by atoms with Gasteiger partial charge in [0.25, 0.3) is 10.0 Å². The maximum Gasteiger partial charge on any atom is 0.350 e. The molecule has 0 radical (unpaired) electrons. The lowest BCUT2D eigenvalue weighted by molar-refractivity contribution is 0.205. The largest absolute Gasteiger partial charge is 0.370 e. The van der Waals surface area contributed by atoms with Crippen molar-refractivity contribution in [3.63, 3.8) is 0 Å². The Morgan fingerprint density at radius 1 is 1.38 bits per heavy atom. The summed E-state index contributed by atoms with van der Waals surface area (Å²) in [6, 6.07) is 7.86. The minimum atomic E-state index is -4.47. The van der Waals surface area contributed by atoms with Crippen LogP contribution in [0.1, 0.15) is 25.3 Å². The fourth-order valence-electron chi connectivity index (χ4n) is 2.74. The molecular weight excluding hydrogens is 477 g/mol. The Bertz CT molecular complexity index is 708. The molecule has 2 rings (SSSR count). The van der Waals surface area contributed by atoms with Crippen molar-refractivity contribution < 1.29 is 17.2 Å². The second kappa shape index (κ2) is 10.4. The van der Waals surface area contributed by atoms with Crippen LogP contribution >= 0.6 is 24.0 Å². The van der Waals surface area contributed by atoms with Gasteiger partial charge < -0.3 is 11.1 Å². The minimum Gasteiger partial charge on any atom is -0.370 e. The van der Waals surface area contributed by atoms with Gasteiger partial charge in [-0.25, -0.2) is 8.42 Å². The Balaban J connectivity index is 0.00000338. The van der Waals surface area contributed by atoms with Gasteiger partial charge in [-0.3, -0.25) is 4.99 Å². The summed E-state index contributed by atoms with van der Waals surface area (Å²) in [5, 5.41) is 3.03. The molecule has 0 saturated carbocycles. The number of piperidine rings is 1. The Labute approximate surface area is 170 Å². The van der Waals surface area contributed by atoms with Crippen LogP contribution in [-0.4, -0.2) is 44.1 Å². The summed E-state index contributed by atoms with van der Waals surface area (Å²) in [5.41, 5.74) is 7.93. The first kappa shape index (κ1) is 23.0. The van der Waals surface area contributed by atoms with Crippen LogP contribution in [0.4, 0.5) is 14.5 Å². The monoisotopic (exact) mass is 502 g/mol. The van der Waals surface area contributed by atoms with Crippen LogP contribution in [0.5, 0.6) is 0 Å². The van der Waals surface area contributed by atoms with Crippen molar-refractivity contribution in [3.05, 3.63) is 29.8 Å². The van der Waals surface area contributed by atoms with E-state index in [1.165, 1.54) is 5.56 Å². The van der Waals surface area contributed by atoms with Crippen molar-refractivity contribution in [2.45, 2.75) is 31.9 Å². The molecule has 0 spiro atoms. The zero-order valence-corrected chi connectivity index (χ0v) is 17.7. The SMILES string of the molecule is CCc1cccc(NC(N)=NCC2CCN(S(=O)(=O)C(F)F)CC2)c1.I. The van der Waals surface area contributed by atoms with Gasteiger partial charge >= 0.3 is 5.76 Å². The van der Waals surface area contributed by atoms with E-state index < -0.39 is 15.8 Å². The summed E-state index contributed by atoms with van der Waals surface area (Å²) in [4.78, 5) is 4.29. The molecule has 1 saturated heterocycles. The molecule has 0 bridgehead atoms. The van der Waals surface area contributed by atoms with Gasteiger partial charge in [-0.1, -0.05) is 19.1 Å². The van der Waals surface area contributed by atoms with E-state index >= 15 is 0 Å². The third kappa shape index (κ3) is 6.31. The molecule has 0 atom stereocenters. The second-order valence-electron chi connectivity index (χ2n) is 6.05. The molecule has 148 valence electrons. The Hall–Kier alpha value is -1.01. The molecule has 3 N–H and O–H groups in total. The van der Waals surface area contributed by atoms with Crippen LogP contribution in [0, 0.1) is 5.92 Å². The fraction of sp³-hybridized carbons (Fsp3) is 0.562. The van der Waals surface area contributed by atoms with Gasteiger partial charge in [-0.05, 0) is 42.9 Å². The molecule has 10 heteroatoms. The third-order valence-corrected chi connectivity index (χ3v) is 5.82. The van der Waals surface area contributed by atoms with E-state index in [9.17, 15) is 17.2 Å². The van der Waals surface area contributed by atoms with Crippen LogP contribution in [0.25, 0.3) is 0 Å². The van der Waals surface area contributed by atoms with Crippen LogP contribution in [0.2, 0.25) is 0 Å². The van der Waals surface area contributed by atoms with E-state index in [4.69, 9.17) is 5.73 Å². The van der Waals surface area contributed by atoms with Crippen molar-refractivity contribution >= 4 is 45.6 Å². The topological polar surface area (TPSA) is 87.8 Å². The Morgan fingerprint density at radius 2 is 2.04 bits per heavy atom. The van der Waals surface area contributed by atoms with Crippen molar-refractivity contribution in [3.8, 4) is 0 Å². The molecule has 1 aromatic rings. The third-order valence-electron chi connectivity index (χ3n) is 4.29. The van der Waals surface area contributed by atoms with Gasteiger partial charge in [-0.15, -0.1) is 24.0 Å². The summed E-state index contributed by atoms with van der Waals surface area (Å²) >= 11 is 0. The first-order valence-electron chi connectivity index (χ1n) is 8.26. The lowest BCUT2D eigenvalue weighted by Crippen LogP contribution is -2.41. The number of alkyl halides is 2. The minimum absolute atomic E-state index is 0. The standard InChI is InChI=1S/C16H24F2N4O2S.HI/c1-2-12-4-3-5-14(10-12)21-16(19)20-11-13-6-8-22(9-7-13)25(23,24)15(17)18;/h3-5,10,13,15H,2,6-9,11H2,1H3,(H3,19,20,21);1H. The lowest BCUT2D eigenvalue weighted by atomic mass is 9.98. The predicted octanol–water partition coefficient (Wildman–Crippen LogP) is 2.86. The molecule has 1 aliphatic rings. The highest BCUT2D eigenvalue weighted by Crippen LogP contribution is 2.22. The molecular formula is C16H25F2IN4O2S. The second-order valence-corrected chi connectivity index (χ2v) is 7.96. The molecule has 26 heavy (non-hydrogen) atoms. The maximum absolute atomic E-state index is 12.5. The quantitative estimate of drug-likeness (QED) is 0.356. The highest BCUT2D eigenvalue weighted by Gasteiger charge is 2.34. The van der Waals surface area contributed by atoms with E-state index in [1.807, 2.05) is 24.3 Å². The fourth-order valence-corrected chi connectivity index (χ4v) is 3.69. The van der Waals surface area contributed by atoms with E-state index in [0.717, 1.165) is 16.4 Å². The number of benzene rings is 1. The molecule has 1 fully saturated rings. The summed E-state index contributed by atoms with van der Waals surface area (Å²) in [7, 11) is -4.47. The van der Waals surface area contributed by atoms with Crippen LogP contribution in [-0.2, 0) is 16.4 Å². The summed E-state index contributed by atoms with van der Waals surface area (Å²) < 4.78 is 48.8. The molecule has 1 heterocycles. The average molecular weight is 502 g/mol. The number of sulfonamides is 1. The van der Waals surface area contributed by atoms with Gasteiger partial charge in [-0.2, -0.15) is 13.1 Å². The number of aliphatic imine (C=N–C) groups is 1.